The molecule has 23 heavy (non-hydrogen) atoms. The second-order valence-electron chi connectivity index (χ2n) is 6.50. The topological polar surface area (TPSA) is 81.4 Å². The second kappa shape index (κ2) is 8.11. The Morgan fingerprint density at radius 1 is 1.30 bits per heavy atom. The van der Waals surface area contributed by atoms with Crippen LogP contribution in [0.5, 0.6) is 0 Å². The van der Waals surface area contributed by atoms with Crippen LogP contribution in [-0.4, -0.2) is 24.0 Å². The lowest BCUT2D eigenvalue weighted by atomic mass is 9.88. The van der Waals surface area contributed by atoms with Gasteiger partial charge in [-0.1, -0.05) is 31.9 Å². The number of primary amides is 1. The molecule has 1 aromatic rings. The Kier molecular flexibility index (Phi) is 6.16. The fourth-order valence-corrected chi connectivity index (χ4v) is 3.00. The molecular formula is C18H26N2O3. The highest BCUT2D eigenvalue weighted by Crippen LogP contribution is 2.26. The molecule has 0 bridgehead atoms. The molecule has 1 aliphatic rings. The number of hydrogen-bond donors (Lipinski definition) is 2. The molecule has 1 saturated carbocycles. The molecule has 126 valence electrons. The van der Waals surface area contributed by atoms with E-state index in [-0.39, 0.29) is 24.3 Å². The summed E-state index contributed by atoms with van der Waals surface area (Å²) in [5, 5.41) is 2.84. The Labute approximate surface area is 137 Å². The van der Waals surface area contributed by atoms with Crippen LogP contribution < -0.4 is 11.1 Å². The van der Waals surface area contributed by atoms with Crippen LogP contribution in [0.15, 0.2) is 24.3 Å². The van der Waals surface area contributed by atoms with E-state index >= 15 is 0 Å². The van der Waals surface area contributed by atoms with E-state index in [9.17, 15) is 9.59 Å². The number of carbonyl (C=O) groups excluding carboxylic acids is 2. The third-order valence-electron chi connectivity index (χ3n) is 4.25. The summed E-state index contributed by atoms with van der Waals surface area (Å²) in [6.07, 6.45) is 4.38. The first kappa shape index (κ1) is 17.5. The van der Waals surface area contributed by atoms with Gasteiger partial charge < -0.3 is 15.8 Å². The molecule has 2 rings (SSSR count). The van der Waals surface area contributed by atoms with Crippen molar-refractivity contribution in [3.05, 3.63) is 29.8 Å². The van der Waals surface area contributed by atoms with E-state index in [2.05, 4.69) is 12.2 Å². The molecule has 0 heterocycles. The lowest BCUT2D eigenvalue weighted by Crippen LogP contribution is -2.33. The Morgan fingerprint density at radius 2 is 2.00 bits per heavy atom. The molecule has 0 aliphatic heterocycles. The molecule has 2 amide bonds. The van der Waals surface area contributed by atoms with E-state index in [1.54, 1.807) is 31.2 Å². The maximum Gasteiger partial charge on any atom is 0.253 e. The quantitative estimate of drug-likeness (QED) is 0.846. The van der Waals surface area contributed by atoms with Crippen molar-refractivity contribution in [2.75, 3.05) is 5.32 Å². The molecule has 5 heteroatoms. The Bertz CT molecular complexity index is 542. The fraction of sp³-hybridized carbons (Fsp3) is 0.556. The van der Waals surface area contributed by atoms with Crippen LogP contribution in [-0.2, 0) is 20.7 Å². The molecule has 0 spiro atoms. The third-order valence-corrected chi connectivity index (χ3v) is 4.25. The average Bonchev–Trinajstić information content (AvgIpc) is 2.48. The lowest BCUT2D eigenvalue weighted by molar-refractivity contribution is -0.131. The number of rotatable bonds is 6. The Hall–Kier alpha value is -1.88. The number of hydrogen-bond acceptors (Lipinski definition) is 3. The SMILES string of the molecule is C[C@@H]1CCC[C@@H](O[C@H](C)C(=O)Nc2ccc(CC(N)=O)cc2)C1. The first-order chi connectivity index (χ1) is 10.9. The molecule has 1 aliphatic carbocycles. The molecule has 1 fully saturated rings. The van der Waals surface area contributed by atoms with Crippen LogP contribution in [0, 0.1) is 5.92 Å². The van der Waals surface area contributed by atoms with Gasteiger partial charge in [0, 0.05) is 5.69 Å². The fourth-order valence-electron chi connectivity index (χ4n) is 3.00. The number of nitrogens with two attached hydrogens (primary N) is 1. The standard InChI is InChI=1S/C18H26N2O3/c1-12-4-3-5-16(10-12)23-13(2)18(22)20-15-8-6-14(7-9-15)11-17(19)21/h6-9,12-13,16H,3-5,10-11H2,1-2H3,(H2,19,21)(H,20,22)/t12-,13-,16-/m1/s1. The minimum absolute atomic E-state index is 0.147. The lowest BCUT2D eigenvalue weighted by Gasteiger charge is -2.29. The van der Waals surface area contributed by atoms with Gasteiger partial charge >= 0.3 is 0 Å². The molecule has 0 radical (unpaired) electrons. The molecule has 0 saturated heterocycles. The van der Waals surface area contributed by atoms with E-state index in [1.165, 1.54) is 12.8 Å². The summed E-state index contributed by atoms with van der Waals surface area (Å²) in [4.78, 5) is 23.1. The van der Waals surface area contributed by atoms with Crippen molar-refractivity contribution in [1.82, 2.24) is 0 Å². The Balaban J connectivity index is 1.84. The molecule has 5 nitrogen and oxygen atoms in total. The molecular weight excluding hydrogens is 292 g/mol. The van der Waals surface area contributed by atoms with Gasteiger partial charge in [0.05, 0.1) is 12.5 Å². The van der Waals surface area contributed by atoms with Crippen molar-refractivity contribution in [3.63, 3.8) is 0 Å². The normalized spacial score (nSPS) is 22.3. The minimum atomic E-state index is -0.476. The highest BCUT2D eigenvalue weighted by Gasteiger charge is 2.24. The number of benzene rings is 1. The van der Waals surface area contributed by atoms with E-state index in [1.807, 2.05) is 0 Å². The summed E-state index contributed by atoms with van der Waals surface area (Å²) in [5.41, 5.74) is 6.68. The van der Waals surface area contributed by atoms with E-state index in [0.717, 1.165) is 18.4 Å². The number of anilines is 1. The van der Waals surface area contributed by atoms with Crippen LogP contribution in [0.1, 0.15) is 45.1 Å². The van der Waals surface area contributed by atoms with Gasteiger partial charge in [0.2, 0.25) is 5.91 Å². The molecule has 3 atom stereocenters. The van der Waals surface area contributed by atoms with Gasteiger partial charge in [-0.05, 0) is 43.4 Å². The summed E-state index contributed by atoms with van der Waals surface area (Å²) < 4.78 is 5.90. The van der Waals surface area contributed by atoms with Crippen LogP contribution >= 0.6 is 0 Å². The molecule has 3 N–H and O–H groups in total. The van der Waals surface area contributed by atoms with Gasteiger partial charge in [0.1, 0.15) is 6.10 Å². The zero-order valence-electron chi connectivity index (χ0n) is 13.9. The van der Waals surface area contributed by atoms with Crippen molar-refractivity contribution in [1.29, 1.82) is 0 Å². The molecule has 1 aromatic carbocycles. The van der Waals surface area contributed by atoms with Gasteiger partial charge in [-0.15, -0.1) is 0 Å². The van der Waals surface area contributed by atoms with Gasteiger partial charge in [0.25, 0.3) is 5.91 Å². The van der Waals surface area contributed by atoms with Gasteiger partial charge in [-0.3, -0.25) is 9.59 Å². The minimum Gasteiger partial charge on any atom is -0.369 e. The molecule has 0 aromatic heterocycles. The highest BCUT2D eigenvalue weighted by atomic mass is 16.5. The van der Waals surface area contributed by atoms with E-state index in [4.69, 9.17) is 10.5 Å². The maximum atomic E-state index is 12.2. The highest BCUT2D eigenvalue weighted by molar-refractivity contribution is 5.93. The second-order valence-corrected chi connectivity index (χ2v) is 6.50. The summed E-state index contributed by atoms with van der Waals surface area (Å²) in [7, 11) is 0. The predicted molar refractivity (Wildman–Crippen MR) is 89.9 cm³/mol. The number of amides is 2. The zero-order valence-corrected chi connectivity index (χ0v) is 13.9. The zero-order chi connectivity index (χ0) is 16.8. The average molecular weight is 318 g/mol. The van der Waals surface area contributed by atoms with Crippen LogP contribution in [0.2, 0.25) is 0 Å². The van der Waals surface area contributed by atoms with Crippen molar-refractivity contribution in [3.8, 4) is 0 Å². The third kappa shape index (κ3) is 5.67. The first-order valence-electron chi connectivity index (χ1n) is 8.27. The van der Waals surface area contributed by atoms with E-state index < -0.39 is 6.10 Å². The number of carbonyl (C=O) groups is 2. The largest absolute Gasteiger partial charge is 0.369 e. The van der Waals surface area contributed by atoms with Crippen molar-refractivity contribution < 1.29 is 14.3 Å². The summed E-state index contributed by atoms with van der Waals surface area (Å²) in [6.45, 7) is 4.02. The van der Waals surface area contributed by atoms with Crippen LogP contribution in [0.3, 0.4) is 0 Å². The summed E-state index contributed by atoms with van der Waals surface area (Å²) >= 11 is 0. The van der Waals surface area contributed by atoms with Crippen molar-refractivity contribution in [2.45, 2.75) is 58.2 Å². The Morgan fingerprint density at radius 3 is 2.61 bits per heavy atom. The van der Waals surface area contributed by atoms with Crippen LogP contribution in [0.25, 0.3) is 0 Å². The monoisotopic (exact) mass is 318 g/mol. The van der Waals surface area contributed by atoms with E-state index in [0.29, 0.717) is 11.6 Å². The summed E-state index contributed by atoms with van der Waals surface area (Å²) in [6, 6.07) is 7.11. The summed E-state index contributed by atoms with van der Waals surface area (Å²) in [5.74, 6) is 0.151. The van der Waals surface area contributed by atoms with Gasteiger partial charge in [-0.25, -0.2) is 0 Å². The number of ether oxygens (including phenoxy) is 1. The van der Waals surface area contributed by atoms with Gasteiger partial charge in [0.15, 0.2) is 0 Å². The van der Waals surface area contributed by atoms with Gasteiger partial charge in [-0.2, -0.15) is 0 Å². The first-order valence-corrected chi connectivity index (χ1v) is 8.27. The maximum absolute atomic E-state index is 12.2. The van der Waals surface area contributed by atoms with Crippen LogP contribution in [0.4, 0.5) is 5.69 Å². The predicted octanol–water partition coefficient (Wildman–Crippen LogP) is 2.64. The number of nitrogens with one attached hydrogen (secondary N) is 1. The van der Waals surface area contributed by atoms with Crippen molar-refractivity contribution in [2.24, 2.45) is 11.7 Å². The van der Waals surface area contributed by atoms with Crippen molar-refractivity contribution >= 4 is 17.5 Å². The molecule has 0 unspecified atom stereocenters. The smallest absolute Gasteiger partial charge is 0.253 e.